The fourth-order valence-corrected chi connectivity index (χ4v) is 4.04. The van der Waals surface area contributed by atoms with Crippen LogP contribution in [0.1, 0.15) is 12.5 Å². The molecule has 0 radical (unpaired) electrons. The lowest BCUT2D eigenvalue weighted by molar-refractivity contribution is -0.120. The first-order valence-corrected chi connectivity index (χ1v) is 10.6. The van der Waals surface area contributed by atoms with Crippen molar-refractivity contribution in [3.63, 3.8) is 0 Å². The van der Waals surface area contributed by atoms with Crippen LogP contribution in [-0.4, -0.2) is 24.1 Å². The zero-order valence-corrected chi connectivity index (χ0v) is 17.5. The maximum absolute atomic E-state index is 13.1. The van der Waals surface area contributed by atoms with E-state index >= 15 is 0 Å². The van der Waals surface area contributed by atoms with Gasteiger partial charge in [-0.2, -0.15) is 0 Å². The molecule has 4 rings (SSSR count). The number of carbonyl (C=O) groups is 1. The van der Waals surface area contributed by atoms with Crippen molar-refractivity contribution in [3.05, 3.63) is 84.4 Å². The molecule has 6 heteroatoms. The van der Waals surface area contributed by atoms with Gasteiger partial charge in [0.2, 0.25) is 0 Å². The van der Waals surface area contributed by atoms with E-state index in [1.807, 2.05) is 85.8 Å². The molecule has 0 aliphatic heterocycles. The van der Waals surface area contributed by atoms with E-state index in [0.717, 1.165) is 21.5 Å². The molecule has 0 saturated carbocycles. The minimum Gasteiger partial charge on any atom is -0.494 e. The van der Waals surface area contributed by atoms with E-state index in [1.54, 1.807) is 4.90 Å². The average Bonchev–Trinajstić information content (AvgIpc) is 3.20. The van der Waals surface area contributed by atoms with Gasteiger partial charge in [0.15, 0.2) is 11.7 Å². The molecule has 0 N–H and O–H groups in total. The van der Waals surface area contributed by atoms with Crippen molar-refractivity contribution in [2.75, 3.05) is 18.1 Å². The molecule has 1 amide bonds. The van der Waals surface area contributed by atoms with Crippen molar-refractivity contribution in [1.82, 2.24) is 4.98 Å². The van der Waals surface area contributed by atoms with E-state index in [2.05, 4.69) is 0 Å². The predicted octanol–water partition coefficient (Wildman–Crippen LogP) is 5.31. The monoisotopic (exact) mass is 418 g/mol. The molecule has 0 aliphatic carbocycles. The van der Waals surface area contributed by atoms with Crippen LogP contribution in [0.4, 0.5) is 5.13 Å². The number of ether oxygens (including phenoxy) is 2. The Morgan fingerprint density at radius 1 is 0.933 bits per heavy atom. The first-order chi connectivity index (χ1) is 14.7. The molecule has 152 valence electrons. The summed E-state index contributed by atoms with van der Waals surface area (Å²) in [6.45, 7) is 2.93. The van der Waals surface area contributed by atoms with E-state index in [4.69, 9.17) is 14.5 Å². The molecule has 5 nitrogen and oxygen atoms in total. The van der Waals surface area contributed by atoms with Gasteiger partial charge in [0.05, 0.1) is 23.4 Å². The number of thiazole rings is 1. The second kappa shape index (κ2) is 9.41. The van der Waals surface area contributed by atoms with Gasteiger partial charge in [0.25, 0.3) is 5.91 Å². The number of amides is 1. The molecular formula is C24H22N2O3S. The lowest BCUT2D eigenvalue weighted by atomic mass is 10.2. The van der Waals surface area contributed by atoms with Crippen molar-refractivity contribution in [3.8, 4) is 11.5 Å². The van der Waals surface area contributed by atoms with Gasteiger partial charge in [0, 0.05) is 0 Å². The lowest BCUT2D eigenvalue weighted by Gasteiger charge is -2.20. The quantitative estimate of drug-likeness (QED) is 0.389. The molecule has 0 aliphatic rings. The van der Waals surface area contributed by atoms with Crippen LogP contribution < -0.4 is 14.4 Å². The van der Waals surface area contributed by atoms with Gasteiger partial charge in [-0.25, -0.2) is 4.98 Å². The van der Waals surface area contributed by atoms with Crippen LogP contribution in [0.5, 0.6) is 11.5 Å². The summed E-state index contributed by atoms with van der Waals surface area (Å²) in [6.07, 6.45) is 0. The highest BCUT2D eigenvalue weighted by Crippen LogP contribution is 2.32. The third kappa shape index (κ3) is 4.78. The Balaban J connectivity index is 1.60. The minimum atomic E-state index is -0.146. The molecule has 30 heavy (non-hydrogen) atoms. The summed E-state index contributed by atoms with van der Waals surface area (Å²) in [5, 5.41) is 0.643. The Bertz CT molecular complexity index is 1110. The molecule has 4 aromatic rings. The van der Waals surface area contributed by atoms with Crippen LogP contribution in [0.2, 0.25) is 0 Å². The van der Waals surface area contributed by atoms with Gasteiger partial charge in [-0.15, -0.1) is 0 Å². The third-order valence-electron chi connectivity index (χ3n) is 4.48. The Morgan fingerprint density at radius 2 is 1.67 bits per heavy atom. The zero-order valence-electron chi connectivity index (χ0n) is 16.7. The molecule has 0 spiro atoms. The maximum atomic E-state index is 13.1. The Labute approximate surface area is 179 Å². The van der Waals surface area contributed by atoms with Crippen LogP contribution in [0.25, 0.3) is 10.2 Å². The zero-order chi connectivity index (χ0) is 20.8. The number of benzene rings is 3. The fourth-order valence-electron chi connectivity index (χ4n) is 3.03. The topological polar surface area (TPSA) is 51.7 Å². The second-order valence-electron chi connectivity index (χ2n) is 6.63. The van der Waals surface area contributed by atoms with Gasteiger partial charge < -0.3 is 9.47 Å². The van der Waals surface area contributed by atoms with E-state index in [1.165, 1.54) is 11.3 Å². The number of fused-ring (bicyclic) bond motifs is 1. The summed E-state index contributed by atoms with van der Waals surface area (Å²) < 4.78 is 12.3. The highest BCUT2D eigenvalue weighted by Gasteiger charge is 2.21. The van der Waals surface area contributed by atoms with Crippen LogP contribution in [0.15, 0.2) is 78.9 Å². The first-order valence-electron chi connectivity index (χ1n) is 9.78. The minimum absolute atomic E-state index is 0.0586. The number of para-hydroxylation sites is 1. The van der Waals surface area contributed by atoms with Gasteiger partial charge in [-0.05, 0) is 42.8 Å². The molecule has 0 bridgehead atoms. The third-order valence-corrected chi connectivity index (χ3v) is 5.52. The van der Waals surface area contributed by atoms with Crippen molar-refractivity contribution in [1.29, 1.82) is 0 Å². The highest BCUT2D eigenvalue weighted by molar-refractivity contribution is 7.22. The summed E-state index contributed by atoms with van der Waals surface area (Å²) in [6, 6.07) is 25.0. The van der Waals surface area contributed by atoms with Crippen LogP contribution in [0.3, 0.4) is 0 Å². The van der Waals surface area contributed by atoms with Crippen LogP contribution in [0, 0.1) is 0 Å². The van der Waals surface area contributed by atoms with Gasteiger partial charge in [-0.1, -0.05) is 59.9 Å². The number of carbonyl (C=O) groups excluding carboxylic acids is 1. The number of aromatic nitrogens is 1. The van der Waals surface area contributed by atoms with E-state index in [0.29, 0.717) is 24.0 Å². The maximum Gasteiger partial charge on any atom is 0.267 e. The summed E-state index contributed by atoms with van der Waals surface area (Å²) in [5.41, 5.74) is 1.87. The van der Waals surface area contributed by atoms with Crippen molar-refractivity contribution < 1.29 is 14.3 Å². The number of anilines is 1. The molecule has 1 aromatic heterocycles. The number of hydrogen-bond acceptors (Lipinski definition) is 5. The number of rotatable bonds is 8. The molecule has 0 atom stereocenters. The van der Waals surface area contributed by atoms with Crippen molar-refractivity contribution in [2.45, 2.75) is 13.5 Å². The summed E-state index contributed by atoms with van der Waals surface area (Å²) in [7, 11) is 0. The molecule has 0 saturated heterocycles. The Kier molecular flexibility index (Phi) is 6.25. The largest absolute Gasteiger partial charge is 0.494 e. The van der Waals surface area contributed by atoms with E-state index in [-0.39, 0.29) is 12.5 Å². The van der Waals surface area contributed by atoms with Crippen LogP contribution >= 0.6 is 11.3 Å². The first kappa shape index (κ1) is 19.9. The molecule has 0 unspecified atom stereocenters. The number of nitrogens with zero attached hydrogens (tertiary/aromatic N) is 2. The van der Waals surface area contributed by atoms with Gasteiger partial charge in [0.1, 0.15) is 11.5 Å². The number of hydrogen-bond donors (Lipinski definition) is 0. The van der Waals surface area contributed by atoms with Gasteiger partial charge >= 0.3 is 0 Å². The summed E-state index contributed by atoms with van der Waals surface area (Å²) in [5.74, 6) is 1.32. The normalized spacial score (nSPS) is 10.7. The van der Waals surface area contributed by atoms with E-state index < -0.39 is 0 Å². The molecular weight excluding hydrogens is 396 g/mol. The summed E-state index contributed by atoms with van der Waals surface area (Å²) >= 11 is 1.47. The smallest absolute Gasteiger partial charge is 0.267 e. The molecule has 1 heterocycles. The lowest BCUT2D eigenvalue weighted by Crippen LogP contribution is -2.34. The SMILES string of the molecule is CCOc1ccc2nc(N(Cc3ccccc3)C(=O)COc3ccccc3)sc2c1. The van der Waals surface area contributed by atoms with E-state index in [9.17, 15) is 4.79 Å². The second-order valence-corrected chi connectivity index (χ2v) is 7.64. The fraction of sp³-hybridized carbons (Fsp3) is 0.167. The van der Waals surface area contributed by atoms with Crippen molar-refractivity contribution >= 4 is 32.6 Å². The average molecular weight is 419 g/mol. The predicted molar refractivity (Wildman–Crippen MR) is 120 cm³/mol. The standard InChI is InChI=1S/C24H22N2O3S/c1-2-28-20-13-14-21-22(15-20)30-24(25-21)26(16-18-9-5-3-6-10-18)23(27)17-29-19-11-7-4-8-12-19/h3-15H,2,16-17H2,1H3. The Hall–Kier alpha value is -3.38. The van der Waals surface area contributed by atoms with Gasteiger partial charge in [-0.3, -0.25) is 9.69 Å². The molecule has 0 fully saturated rings. The Morgan fingerprint density at radius 3 is 2.40 bits per heavy atom. The molecule has 3 aromatic carbocycles. The summed E-state index contributed by atoms with van der Waals surface area (Å²) in [4.78, 5) is 19.5. The van der Waals surface area contributed by atoms with Crippen LogP contribution in [-0.2, 0) is 11.3 Å². The highest BCUT2D eigenvalue weighted by atomic mass is 32.1. The van der Waals surface area contributed by atoms with Crippen molar-refractivity contribution in [2.24, 2.45) is 0 Å².